The molecule has 30 heavy (non-hydrogen) atoms. The first kappa shape index (κ1) is 20.2. The largest absolute Gasteiger partial charge is 0.368 e. The van der Waals surface area contributed by atoms with Gasteiger partial charge in [0.05, 0.1) is 16.9 Å². The Labute approximate surface area is 176 Å². The van der Waals surface area contributed by atoms with Crippen molar-refractivity contribution in [3.05, 3.63) is 63.7 Å². The molecule has 3 aromatic rings. The topological polar surface area (TPSA) is 69.6 Å². The molecule has 0 radical (unpaired) electrons. The van der Waals surface area contributed by atoms with Gasteiger partial charge >= 0.3 is 0 Å². The van der Waals surface area contributed by atoms with Gasteiger partial charge in [-0.25, -0.2) is 4.98 Å². The average Bonchev–Trinajstić information content (AvgIpc) is 3.09. The number of hydrogen-bond acceptors (Lipinski definition) is 5. The van der Waals surface area contributed by atoms with E-state index in [0.717, 1.165) is 49.5 Å². The molecule has 3 heterocycles. The van der Waals surface area contributed by atoms with E-state index in [1.165, 1.54) is 5.56 Å². The molecule has 1 fully saturated rings. The highest BCUT2D eigenvalue weighted by molar-refractivity contribution is 5.61. The summed E-state index contributed by atoms with van der Waals surface area (Å²) in [5.41, 5.74) is 4.48. The van der Waals surface area contributed by atoms with Crippen molar-refractivity contribution in [2.24, 2.45) is 13.0 Å². The molecule has 0 atom stereocenters. The van der Waals surface area contributed by atoms with E-state index in [-0.39, 0.29) is 5.56 Å². The van der Waals surface area contributed by atoms with Gasteiger partial charge < -0.3 is 4.90 Å². The second-order valence-electron chi connectivity index (χ2n) is 8.47. The molecule has 4 rings (SSSR count). The molecule has 0 unspecified atom stereocenters. The summed E-state index contributed by atoms with van der Waals surface area (Å²) >= 11 is 0. The molecule has 1 aromatic carbocycles. The first-order valence-electron chi connectivity index (χ1n) is 10.5. The molecule has 7 nitrogen and oxygen atoms in total. The standard InChI is InChI=1S/C23H28N6O/c1-17(2)12-18-4-5-19(15-24)21(13-18)28-10-8-27(9-11-28)16-20-14-23(30)29-22(25-20)6-7-26(29)3/h4-7,13-14,17H,8-12,16H2,1-3H3. The van der Waals surface area contributed by atoms with Crippen molar-refractivity contribution in [1.29, 1.82) is 5.26 Å². The number of anilines is 1. The minimum atomic E-state index is -0.0539. The van der Waals surface area contributed by atoms with Crippen LogP contribution >= 0.6 is 0 Å². The van der Waals surface area contributed by atoms with Crippen molar-refractivity contribution in [3.8, 4) is 6.07 Å². The summed E-state index contributed by atoms with van der Waals surface area (Å²) in [7, 11) is 1.83. The minimum Gasteiger partial charge on any atom is -0.368 e. The molecule has 156 valence electrons. The highest BCUT2D eigenvalue weighted by atomic mass is 16.1. The number of hydrogen-bond donors (Lipinski definition) is 0. The normalized spacial score (nSPS) is 15.1. The molecule has 1 aliphatic rings. The van der Waals surface area contributed by atoms with Crippen LogP contribution in [-0.2, 0) is 20.0 Å². The van der Waals surface area contributed by atoms with Crippen molar-refractivity contribution >= 4 is 11.3 Å². The van der Waals surface area contributed by atoms with Gasteiger partial charge in [0.15, 0.2) is 5.65 Å². The van der Waals surface area contributed by atoms with Crippen LogP contribution < -0.4 is 10.5 Å². The number of nitriles is 1. The third-order valence-electron chi connectivity index (χ3n) is 5.65. The zero-order valence-corrected chi connectivity index (χ0v) is 17.9. The Kier molecular flexibility index (Phi) is 5.60. The van der Waals surface area contributed by atoms with Gasteiger partial charge in [-0.05, 0) is 30.0 Å². The molecule has 0 saturated carbocycles. The Morgan fingerprint density at radius 3 is 2.60 bits per heavy atom. The van der Waals surface area contributed by atoms with Crippen molar-refractivity contribution in [2.45, 2.75) is 26.8 Å². The number of piperazine rings is 1. The summed E-state index contributed by atoms with van der Waals surface area (Å²) in [6.45, 7) is 8.53. The number of nitrogens with zero attached hydrogens (tertiary/aromatic N) is 6. The van der Waals surface area contributed by atoms with Crippen LogP contribution in [0, 0.1) is 17.2 Å². The van der Waals surface area contributed by atoms with Crippen molar-refractivity contribution < 1.29 is 0 Å². The molecule has 0 N–H and O–H groups in total. The summed E-state index contributed by atoms with van der Waals surface area (Å²) in [4.78, 5) is 21.7. The van der Waals surface area contributed by atoms with Crippen LogP contribution in [0.3, 0.4) is 0 Å². The molecule has 7 heteroatoms. The molecular formula is C23H28N6O. The Balaban J connectivity index is 1.45. The van der Waals surface area contributed by atoms with E-state index >= 15 is 0 Å². The summed E-state index contributed by atoms with van der Waals surface area (Å²) in [6.07, 6.45) is 2.86. The number of rotatable bonds is 5. The van der Waals surface area contributed by atoms with Crippen molar-refractivity contribution in [2.75, 3.05) is 31.1 Å². The zero-order valence-electron chi connectivity index (χ0n) is 17.9. The first-order chi connectivity index (χ1) is 14.4. The number of fused-ring (bicyclic) bond motifs is 1. The van der Waals surface area contributed by atoms with Crippen molar-refractivity contribution in [1.82, 2.24) is 19.1 Å². The number of benzene rings is 1. The summed E-state index contributed by atoms with van der Waals surface area (Å²) in [6, 6.07) is 12.0. The van der Waals surface area contributed by atoms with Gasteiger partial charge in [-0.1, -0.05) is 19.9 Å². The van der Waals surface area contributed by atoms with E-state index in [1.54, 1.807) is 15.3 Å². The van der Waals surface area contributed by atoms with Crippen LogP contribution in [0.4, 0.5) is 5.69 Å². The van der Waals surface area contributed by atoms with E-state index in [0.29, 0.717) is 18.1 Å². The summed E-state index contributed by atoms with van der Waals surface area (Å²) < 4.78 is 3.31. The van der Waals surface area contributed by atoms with Gasteiger partial charge in [0.2, 0.25) is 0 Å². The van der Waals surface area contributed by atoms with Gasteiger partial charge in [0.1, 0.15) is 6.07 Å². The molecule has 0 spiro atoms. The average molecular weight is 405 g/mol. The Morgan fingerprint density at radius 1 is 1.13 bits per heavy atom. The second kappa shape index (κ2) is 8.33. The maximum absolute atomic E-state index is 12.4. The second-order valence-corrected chi connectivity index (χ2v) is 8.47. The van der Waals surface area contributed by atoms with Gasteiger partial charge in [0, 0.05) is 58.1 Å². The molecule has 1 saturated heterocycles. The zero-order chi connectivity index (χ0) is 21.3. The molecule has 2 aromatic heterocycles. The molecule has 0 amide bonds. The smallest absolute Gasteiger partial charge is 0.273 e. The predicted molar refractivity (Wildman–Crippen MR) is 118 cm³/mol. The van der Waals surface area contributed by atoms with Gasteiger partial charge in [-0.15, -0.1) is 0 Å². The van der Waals surface area contributed by atoms with Crippen LogP contribution in [0.2, 0.25) is 0 Å². The fraction of sp³-hybridized carbons (Fsp3) is 0.435. The highest BCUT2D eigenvalue weighted by Gasteiger charge is 2.21. The van der Waals surface area contributed by atoms with E-state index in [1.807, 2.05) is 25.4 Å². The molecule has 0 aliphatic carbocycles. The van der Waals surface area contributed by atoms with E-state index in [9.17, 15) is 10.1 Å². The predicted octanol–water partition coefficient (Wildman–Crippen LogP) is 2.43. The first-order valence-corrected chi connectivity index (χ1v) is 10.5. The third-order valence-corrected chi connectivity index (χ3v) is 5.65. The van der Waals surface area contributed by atoms with Crippen LogP contribution in [0.15, 0.2) is 41.3 Å². The highest BCUT2D eigenvalue weighted by Crippen LogP contribution is 2.25. The monoisotopic (exact) mass is 404 g/mol. The van der Waals surface area contributed by atoms with Gasteiger partial charge in [0.25, 0.3) is 5.56 Å². The summed E-state index contributed by atoms with van der Waals surface area (Å²) in [5, 5.41) is 9.55. The molecule has 1 aliphatic heterocycles. The minimum absolute atomic E-state index is 0.0539. The molecular weight excluding hydrogens is 376 g/mol. The lowest BCUT2D eigenvalue weighted by Crippen LogP contribution is -2.46. The Morgan fingerprint density at radius 2 is 1.90 bits per heavy atom. The third kappa shape index (κ3) is 4.10. The summed E-state index contributed by atoms with van der Waals surface area (Å²) in [5.74, 6) is 0.584. The van der Waals surface area contributed by atoms with Crippen LogP contribution in [0.5, 0.6) is 0 Å². The lowest BCUT2D eigenvalue weighted by atomic mass is 10.00. The number of aromatic nitrogens is 3. The lowest BCUT2D eigenvalue weighted by Gasteiger charge is -2.36. The van der Waals surface area contributed by atoms with E-state index in [2.05, 4.69) is 46.8 Å². The quantitative estimate of drug-likeness (QED) is 0.653. The number of aryl methyl sites for hydroxylation is 1. The van der Waals surface area contributed by atoms with Crippen LogP contribution in [0.25, 0.3) is 5.65 Å². The SMILES string of the molecule is CC(C)Cc1ccc(C#N)c(N2CCN(Cc3cc(=O)n4c(ccn4C)n3)CC2)c1. The van der Waals surface area contributed by atoms with Crippen molar-refractivity contribution in [3.63, 3.8) is 0 Å². The Bertz CT molecular complexity index is 1140. The molecule has 0 bridgehead atoms. The van der Waals surface area contributed by atoms with Gasteiger partial charge in [-0.2, -0.15) is 9.78 Å². The van der Waals surface area contributed by atoms with Gasteiger partial charge in [-0.3, -0.25) is 14.4 Å². The van der Waals surface area contributed by atoms with E-state index < -0.39 is 0 Å². The Hall–Kier alpha value is -3.11. The maximum atomic E-state index is 12.4. The fourth-order valence-electron chi connectivity index (χ4n) is 4.20. The van der Waals surface area contributed by atoms with Crippen LogP contribution in [0.1, 0.15) is 30.7 Å². The maximum Gasteiger partial charge on any atom is 0.273 e. The fourth-order valence-corrected chi connectivity index (χ4v) is 4.20. The van der Waals surface area contributed by atoms with Crippen LogP contribution in [-0.4, -0.2) is 45.3 Å². The lowest BCUT2D eigenvalue weighted by molar-refractivity contribution is 0.247. The van der Waals surface area contributed by atoms with E-state index in [4.69, 9.17) is 0 Å².